The Morgan fingerprint density at radius 3 is 3.05 bits per heavy atom. The standard InChI is InChI=1S/C12H15N3O3S/c1-3-18-12(17)8-5-19-11-9(8)10(14-6-15-11)13-4-7(2)16/h5-7,16H,3-4H2,1-2H3,(H,13,14,15). The number of aliphatic hydroxyl groups excluding tert-OH is 1. The first-order valence-corrected chi connectivity index (χ1v) is 6.82. The van der Waals surface area contributed by atoms with Gasteiger partial charge in [-0.1, -0.05) is 0 Å². The number of hydrogen-bond donors (Lipinski definition) is 2. The highest BCUT2D eigenvalue weighted by Crippen LogP contribution is 2.29. The van der Waals surface area contributed by atoms with Gasteiger partial charge in [0.1, 0.15) is 17.0 Å². The first kappa shape index (κ1) is 13.7. The van der Waals surface area contributed by atoms with Crippen molar-refractivity contribution in [2.45, 2.75) is 20.0 Å². The van der Waals surface area contributed by atoms with Crippen molar-refractivity contribution in [2.24, 2.45) is 0 Å². The van der Waals surface area contributed by atoms with E-state index in [1.54, 1.807) is 19.2 Å². The molecule has 7 heteroatoms. The van der Waals surface area contributed by atoms with E-state index in [0.29, 0.717) is 34.7 Å². The van der Waals surface area contributed by atoms with Crippen LogP contribution in [0.3, 0.4) is 0 Å². The van der Waals surface area contributed by atoms with E-state index in [4.69, 9.17) is 4.74 Å². The van der Waals surface area contributed by atoms with Crippen molar-refractivity contribution in [1.29, 1.82) is 0 Å². The summed E-state index contributed by atoms with van der Waals surface area (Å²) in [5, 5.41) is 14.7. The van der Waals surface area contributed by atoms with Crippen LogP contribution in [-0.2, 0) is 4.74 Å². The number of aliphatic hydroxyl groups is 1. The summed E-state index contributed by atoms with van der Waals surface area (Å²) in [5.41, 5.74) is 0.454. The van der Waals surface area contributed by atoms with E-state index in [-0.39, 0.29) is 5.97 Å². The molecular weight excluding hydrogens is 266 g/mol. The van der Waals surface area contributed by atoms with Gasteiger partial charge in [0.05, 0.1) is 23.7 Å². The monoisotopic (exact) mass is 281 g/mol. The summed E-state index contributed by atoms with van der Waals surface area (Å²) < 4.78 is 5.01. The normalized spacial score (nSPS) is 12.4. The van der Waals surface area contributed by atoms with Crippen LogP contribution in [0.5, 0.6) is 0 Å². The maximum atomic E-state index is 11.9. The van der Waals surface area contributed by atoms with Gasteiger partial charge in [-0.25, -0.2) is 14.8 Å². The van der Waals surface area contributed by atoms with E-state index in [1.807, 2.05) is 0 Å². The first-order valence-electron chi connectivity index (χ1n) is 5.94. The third-order valence-electron chi connectivity index (χ3n) is 2.43. The largest absolute Gasteiger partial charge is 0.462 e. The second-order valence-corrected chi connectivity index (χ2v) is 4.86. The van der Waals surface area contributed by atoms with E-state index in [1.165, 1.54) is 17.7 Å². The average Bonchev–Trinajstić information content (AvgIpc) is 2.81. The minimum atomic E-state index is -0.505. The van der Waals surface area contributed by atoms with Crippen LogP contribution in [0.2, 0.25) is 0 Å². The molecule has 0 fully saturated rings. The summed E-state index contributed by atoms with van der Waals surface area (Å²) >= 11 is 1.36. The van der Waals surface area contributed by atoms with E-state index in [9.17, 15) is 9.90 Å². The van der Waals surface area contributed by atoms with Crippen molar-refractivity contribution in [1.82, 2.24) is 9.97 Å². The van der Waals surface area contributed by atoms with Crippen LogP contribution in [0, 0.1) is 0 Å². The molecule has 0 saturated carbocycles. The molecule has 2 rings (SSSR count). The van der Waals surface area contributed by atoms with Gasteiger partial charge in [-0.2, -0.15) is 0 Å². The molecule has 102 valence electrons. The Hall–Kier alpha value is -1.73. The Balaban J connectivity index is 2.40. The maximum Gasteiger partial charge on any atom is 0.339 e. The highest BCUT2D eigenvalue weighted by molar-refractivity contribution is 7.17. The number of nitrogens with one attached hydrogen (secondary N) is 1. The highest BCUT2D eigenvalue weighted by Gasteiger charge is 2.18. The number of carbonyl (C=O) groups is 1. The van der Waals surface area contributed by atoms with E-state index >= 15 is 0 Å². The number of carbonyl (C=O) groups excluding carboxylic acids is 1. The van der Waals surface area contributed by atoms with Crippen LogP contribution >= 0.6 is 11.3 Å². The number of aromatic nitrogens is 2. The number of ether oxygens (including phenoxy) is 1. The molecule has 0 aliphatic rings. The summed E-state index contributed by atoms with van der Waals surface area (Å²) in [4.78, 5) is 20.8. The predicted octanol–water partition coefficient (Wildman–Crippen LogP) is 1.66. The maximum absolute atomic E-state index is 11.9. The molecule has 2 aromatic heterocycles. The molecule has 0 aliphatic heterocycles. The second-order valence-electron chi connectivity index (χ2n) is 4.00. The lowest BCUT2D eigenvalue weighted by molar-refractivity contribution is 0.0529. The lowest BCUT2D eigenvalue weighted by Gasteiger charge is -2.09. The van der Waals surface area contributed by atoms with Crippen molar-refractivity contribution in [3.63, 3.8) is 0 Å². The quantitative estimate of drug-likeness (QED) is 0.811. The number of thiophene rings is 1. The summed E-state index contributed by atoms with van der Waals surface area (Å²) in [7, 11) is 0. The fourth-order valence-electron chi connectivity index (χ4n) is 1.61. The van der Waals surface area contributed by atoms with Crippen molar-refractivity contribution in [2.75, 3.05) is 18.5 Å². The molecule has 0 saturated heterocycles. The van der Waals surface area contributed by atoms with Crippen molar-refractivity contribution in [3.05, 3.63) is 17.3 Å². The molecule has 0 aromatic carbocycles. The minimum Gasteiger partial charge on any atom is -0.462 e. The molecule has 19 heavy (non-hydrogen) atoms. The molecule has 0 spiro atoms. The van der Waals surface area contributed by atoms with Gasteiger partial charge in [0.25, 0.3) is 0 Å². The molecule has 0 radical (unpaired) electrons. The Morgan fingerprint density at radius 1 is 1.58 bits per heavy atom. The van der Waals surface area contributed by atoms with Crippen LogP contribution in [0.4, 0.5) is 5.82 Å². The highest BCUT2D eigenvalue weighted by atomic mass is 32.1. The number of rotatable bonds is 5. The molecule has 6 nitrogen and oxygen atoms in total. The lowest BCUT2D eigenvalue weighted by atomic mass is 10.2. The Morgan fingerprint density at radius 2 is 2.37 bits per heavy atom. The van der Waals surface area contributed by atoms with E-state index < -0.39 is 6.10 Å². The van der Waals surface area contributed by atoms with E-state index in [2.05, 4.69) is 15.3 Å². The predicted molar refractivity (Wildman–Crippen MR) is 73.5 cm³/mol. The number of esters is 1. The first-order chi connectivity index (χ1) is 9.13. The smallest absolute Gasteiger partial charge is 0.339 e. The van der Waals surface area contributed by atoms with E-state index in [0.717, 1.165) is 0 Å². The molecule has 2 heterocycles. The van der Waals surface area contributed by atoms with Crippen molar-refractivity contribution < 1.29 is 14.6 Å². The van der Waals surface area contributed by atoms with Gasteiger partial charge in [-0.05, 0) is 13.8 Å². The molecule has 2 aromatic rings. The van der Waals surface area contributed by atoms with Crippen LogP contribution in [0.1, 0.15) is 24.2 Å². The molecule has 0 amide bonds. The molecule has 1 unspecified atom stereocenters. The minimum absolute atomic E-state index is 0.320. The fourth-order valence-corrected chi connectivity index (χ4v) is 2.49. The fraction of sp³-hybridized carbons (Fsp3) is 0.417. The summed E-state index contributed by atoms with van der Waals surface area (Å²) in [6, 6.07) is 0. The zero-order chi connectivity index (χ0) is 13.8. The molecule has 1 atom stereocenters. The number of anilines is 1. The number of fused-ring (bicyclic) bond motifs is 1. The SMILES string of the molecule is CCOC(=O)c1csc2ncnc(NCC(C)O)c12. The molecule has 2 N–H and O–H groups in total. The molecule has 0 bridgehead atoms. The lowest BCUT2D eigenvalue weighted by Crippen LogP contribution is -2.16. The van der Waals surface area contributed by atoms with Gasteiger partial charge in [0.2, 0.25) is 0 Å². The van der Waals surface area contributed by atoms with Crippen molar-refractivity contribution in [3.8, 4) is 0 Å². The van der Waals surface area contributed by atoms with Gasteiger partial charge < -0.3 is 15.2 Å². The second kappa shape index (κ2) is 5.94. The zero-order valence-corrected chi connectivity index (χ0v) is 11.5. The zero-order valence-electron chi connectivity index (χ0n) is 10.7. The average molecular weight is 281 g/mol. The van der Waals surface area contributed by atoms with Gasteiger partial charge >= 0.3 is 5.97 Å². The third-order valence-corrected chi connectivity index (χ3v) is 3.32. The Bertz CT molecular complexity index is 583. The summed E-state index contributed by atoms with van der Waals surface area (Å²) in [5.74, 6) is 0.152. The van der Waals surface area contributed by atoms with Gasteiger partial charge in [0, 0.05) is 11.9 Å². The van der Waals surface area contributed by atoms with Crippen LogP contribution in [0.15, 0.2) is 11.7 Å². The molecule has 0 aliphatic carbocycles. The number of nitrogens with zero attached hydrogens (tertiary/aromatic N) is 2. The Kier molecular flexibility index (Phi) is 4.28. The summed E-state index contributed by atoms with van der Waals surface area (Å²) in [6.45, 7) is 4.10. The van der Waals surface area contributed by atoms with Crippen molar-refractivity contribution >= 4 is 33.3 Å². The third kappa shape index (κ3) is 2.99. The van der Waals surface area contributed by atoms with Crippen LogP contribution in [-0.4, -0.2) is 40.3 Å². The summed E-state index contributed by atoms with van der Waals surface area (Å²) in [6.07, 6.45) is 0.924. The van der Waals surface area contributed by atoms with Crippen LogP contribution < -0.4 is 5.32 Å². The molecular formula is C12H15N3O3S. The number of hydrogen-bond acceptors (Lipinski definition) is 7. The topological polar surface area (TPSA) is 84.3 Å². The van der Waals surface area contributed by atoms with Gasteiger partial charge in [-0.3, -0.25) is 0 Å². The Labute approximate surface area is 114 Å². The van der Waals surface area contributed by atoms with Gasteiger partial charge in [-0.15, -0.1) is 11.3 Å². The van der Waals surface area contributed by atoms with Gasteiger partial charge in [0.15, 0.2) is 0 Å². The van der Waals surface area contributed by atoms with Crippen LogP contribution in [0.25, 0.3) is 10.2 Å².